The Morgan fingerprint density at radius 3 is 2.95 bits per heavy atom. The molecule has 1 amide bonds. The van der Waals surface area contributed by atoms with Crippen LogP contribution < -0.4 is 9.64 Å². The van der Waals surface area contributed by atoms with Gasteiger partial charge >= 0.3 is 0 Å². The first-order valence-corrected chi connectivity index (χ1v) is 8.69. The minimum absolute atomic E-state index is 0.0694. The fourth-order valence-corrected chi connectivity index (χ4v) is 4.27. The predicted octanol–water partition coefficient (Wildman–Crippen LogP) is 1.96. The van der Waals surface area contributed by atoms with Crippen molar-refractivity contribution in [1.29, 1.82) is 0 Å². The molecule has 3 heterocycles. The first kappa shape index (κ1) is 15.3. The summed E-state index contributed by atoms with van der Waals surface area (Å²) in [6.45, 7) is 4.59. The van der Waals surface area contributed by atoms with Crippen molar-refractivity contribution in [3.63, 3.8) is 0 Å². The molecular weight excluding hydrogens is 322 g/mol. The zero-order valence-corrected chi connectivity index (χ0v) is 14.2. The van der Waals surface area contributed by atoms with E-state index in [0.717, 1.165) is 16.4 Å². The molecule has 22 heavy (non-hydrogen) atoms. The lowest BCUT2D eigenvalue weighted by molar-refractivity contribution is -0.116. The van der Waals surface area contributed by atoms with Gasteiger partial charge in [-0.25, -0.2) is 0 Å². The van der Waals surface area contributed by atoms with E-state index in [1.807, 2.05) is 27.1 Å². The van der Waals surface area contributed by atoms with E-state index >= 15 is 0 Å². The fraction of sp³-hybridized carbons (Fsp3) is 0.538. The topological polar surface area (TPSA) is 73.1 Å². The third-order valence-corrected chi connectivity index (χ3v) is 5.28. The van der Waals surface area contributed by atoms with Crippen molar-refractivity contribution in [2.75, 3.05) is 11.4 Å². The van der Waals surface area contributed by atoms with Gasteiger partial charge in [0.05, 0.1) is 23.2 Å². The van der Waals surface area contributed by atoms with E-state index in [2.05, 4.69) is 15.3 Å². The number of aromatic nitrogens is 4. The van der Waals surface area contributed by atoms with Gasteiger partial charge in [0.2, 0.25) is 5.91 Å². The van der Waals surface area contributed by atoms with Crippen LogP contribution in [0.3, 0.4) is 0 Å². The van der Waals surface area contributed by atoms with Crippen molar-refractivity contribution >= 4 is 34.7 Å². The number of carbonyl (C=O) groups excluding carboxylic acids is 1. The van der Waals surface area contributed by atoms with E-state index in [1.165, 1.54) is 23.1 Å². The molecule has 0 radical (unpaired) electrons. The van der Waals surface area contributed by atoms with E-state index in [0.29, 0.717) is 11.7 Å². The van der Waals surface area contributed by atoms with Gasteiger partial charge in [-0.2, -0.15) is 5.10 Å². The second-order valence-corrected chi connectivity index (χ2v) is 7.65. The SMILES string of the molecule is CC(C)Oc1nnc(SC2CCN(c3cnn(C)c3)C2=O)s1. The number of rotatable bonds is 5. The van der Waals surface area contributed by atoms with Crippen LogP contribution in [-0.4, -0.2) is 43.8 Å². The Balaban J connectivity index is 1.64. The average Bonchev–Trinajstić information content (AvgIpc) is 3.13. The summed E-state index contributed by atoms with van der Waals surface area (Å²) in [5, 5.41) is 12.6. The van der Waals surface area contributed by atoms with Crippen LogP contribution >= 0.6 is 23.1 Å². The second kappa shape index (κ2) is 6.25. The molecule has 0 aromatic carbocycles. The molecule has 0 bridgehead atoms. The minimum Gasteiger partial charge on any atom is -0.466 e. The second-order valence-electron chi connectivity index (χ2n) is 5.26. The largest absolute Gasteiger partial charge is 0.466 e. The molecule has 0 spiro atoms. The first-order chi connectivity index (χ1) is 10.5. The van der Waals surface area contributed by atoms with Gasteiger partial charge in [0, 0.05) is 19.8 Å². The summed E-state index contributed by atoms with van der Waals surface area (Å²) < 4.78 is 7.97. The third kappa shape index (κ3) is 3.25. The van der Waals surface area contributed by atoms with Crippen molar-refractivity contribution < 1.29 is 9.53 Å². The molecule has 0 saturated carbocycles. The highest BCUT2D eigenvalue weighted by atomic mass is 32.2. The van der Waals surface area contributed by atoms with Crippen LogP contribution in [0.1, 0.15) is 20.3 Å². The van der Waals surface area contributed by atoms with Crippen molar-refractivity contribution in [2.24, 2.45) is 7.05 Å². The van der Waals surface area contributed by atoms with Crippen LogP contribution in [0.4, 0.5) is 5.69 Å². The predicted molar refractivity (Wildman–Crippen MR) is 85.5 cm³/mol. The molecular formula is C13H17N5O2S2. The number of amides is 1. The molecule has 2 aromatic rings. The average molecular weight is 339 g/mol. The van der Waals surface area contributed by atoms with Crippen LogP contribution in [0, 0.1) is 0 Å². The molecule has 9 heteroatoms. The van der Waals surface area contributed by atoms with Gasteiger partial charge in [-0.3, -0.25) is 9.48 Å². The van der Waals surface area contributed by atoms with Crippen LogP contribution in [0.5, 0.6) is 5.19 Å². The smallest absolute Gasteiger partial charge is 0.295 e. The maximum atomic E-state index is 12.5. The van der Waals surface area contributed by atoms with Gasteiger partial charge < -0.3 is 9.64 Å². The lowest BCUT2D eigenvalue weighted by Gasteiger charge is -2.13. The number of nitrogens with zero attached hydrogens (tertiary/aromatic N) is 5. The highest BCUT2D eigenvalue weighted by molar-refractivity contribution is 8.02. The summed E-state index contributed by atoms with van der Waals surface area (Å²) in [4.78, 5) is 14.3. The van der Waals surface area contributed by atoms with Crippen molar-refractivity contribution in [2.45, 2.75) is 36.0 Å². The number of carbonyl (C=O) groups is 1. The monoisotopic (exact) mass is 339 g/mol. The Bertz CT molecular complexity index is 669. The summed E-state index contributed by atoms with van der Waals surface area (Å²) >= 11 is 2.84. The summed E-state index contributed by atoms with van der Waals surface area (Å²) in [6, 6.07) is 0. The molecule has 0 aliphatic carbocycles. The quantitative estimate of drug-likeness (QED) is 0.829. The van der Waals surface area contributed by atoms with Crippen molar-refractivity contribution in [1.82, 2.24) is 20.0 Å². The van der Waals surface area contributed by atoms with Crippen molar-refractivity contribution in [3.8, 4) is 5.19 Å². The molecule has 3 rings (SSSR count). The maximum Gasteiger partial charge on any atom is 0.295 e. The highest BCUT2D eigenvalue weighted by Crippen LogP contribution is 2.36. The lowest BCUT2D eigenvalue weighted by atomic mass is 10.4. The highest BCUT2D eigenvalue weighted by Gasteiger charge is 2.34. The molecule has 0 N–H and O–H groups in total. The van der Waals surface area contributed by atoms with Gasteiger partial charge in [-0.05, 0) is 31.6 Å². The van der Waals surface area contributed by atoms with Crippen LogP contribution in [0.2, 0.25) is 0 Å². The normalized spacial score (nSPS) is 18.5. The van der Waals surface area contributed by atoms with E-state index in [1.54, 1.807) is 15.8 Å². The zero-order chi connectivity index (χ0) is 15.7. The molecule has 1 unspecified atom stereocenters. The van der Waals surface area contributed by atoms with E-state index in [-0.39, 0.29) is 17.3 Å². The van der Waals surface area contributed by atoms with Crippen LogP contribution in [-0.2, 0) is 11.8 Å². The Labute approximate surface area is 136 Å². The Hall–Kier alpha value is -1.61. The number of ether oxygens (including phenoxy) is 1. The maximum absolute atomic E-state index is 12.5. The summed E-state index contributed by atoms with van der Waals surface area (Å²) in [7, 11) is 1.84. The van der Waals surface area contributed by atoms with Gasteiger partial charge in [0.15, 0.2) is 4.34 Å². The lowest BCUT2D eigenvalue weighted by Crippen LogP contribution is -2.27. The van der Waals surface area contributed by atoms with Gasteiger partial charge in [-0.15, -0.1) is 5.10 Å². The molecule has 1 aliphatic heterocycles. The summed E-state index contributed by atoms with van der Waals surface area (Å²) in [5.74, 6) is 0.0968. The van der Waals surface area contributed by atoms with Crippen LogP contribution in [0.25, 0.3) is 0 Å². The molecule has 1 fully saturated rings. The summed E-state index contributed by atoms with van der Waals surface area (Å²) in [6.07, 6.45) is 4.42. The van der Waals surface area contributed by atoms with Crippen molar-refractivity contribution in [3.05, 3.63) is 12.4 Å². The molecule has 2 aromatic heterocycles. The molecule has 1 atom stereocenters. The Kier molecular flexibility index (Phi) is 4.34. The molecule has 1 saturated heterocycles. The van der Waals surface area contributed by atoms with E-state index in [4.69, 9.17) is 4.74 Å². The number of hydrogen-bond donors (Lipinski definition) is 0. The number of thioether (sulfide) groups is 1. The fourth-order valence-electron chi connectivity index (χ4n) is 2.18. The number of anilines is 1. The number of aryl methyl sites for hydroxylation is 1. The standard InChI is InChI=1S/C13H17N5O2S2/c1-8(2)20-12-15-16-13(22-12)21-10-4-5-18(11(10)19)9-6-14-17(3)7-9/h6-8,10H,4-5H2,1-3H3. The third-order valence-electron chi connectivity index (χ3n) is 3.13. The number of hydrogen-bond acceptors (Lipinski definition) is 7. The van der Waals surface area contributed by atoms with Crippen LogP contribution in [0.15, 0.2) is 16.7 Å². The zero-order valence-electron chi connectivity index (χ0n) is 12.6. The first-order valence-electron chi connectivity index (χ1n) is 7.00. The van der Waals surface area contributed by atoms with Gasteiger partial charge in [0.1, 0.15) is 0 Å². The summed E-state index contributed by atoms with van der Waals surface area (Å²) in [5.41, 5.74) is 0.844. The molecule has 1 aliphatic rings. The molecule has 118 valence electrons. The Morgan fingerprint density at radius 1 is 1.45 bits per heavy atom. The van der Waals surface area contributed by atoms with E-state index in [9.17, 15) is 4.79 Å². The van der Waals surface area contributed by atoms with E-state index < -0.39 is 0 Å². The minimum atomic E-state index is -0.125. The van der Waals surface area contributed by atoms with Gasteiger partial charge in [0.25, 0.3) is 5.19 Å². The Morgan fingerprint density at radius 2 is 2.27 bits per heavy atom. The van der Waals surface area contributed by atoms with Gasteiger partial charge in [-0.1, -0.05) is 16.9 Å². The molecule has 7 nitrogen and oxygen atoms in total.